The van der Waals surface area contributed by atoms with Gasteiger partial charge in [-0.2, -0.15) is 0 Å². The van der Waals surface area contributed by atoms with Gasteiger partial charge in [0.1, 0.15) is 0 Å². The minimum absolute atomic E-state index is 0.0616. The number of rotatable bonds is 8. The summed E-state index contributed by atoms with van der Waals surface area (Å²) in [7, 11) is -3.80. The lowest BCUT2D eigenvalue weighted by Crippen LogP contribution is -2.41. The Balaban J connectivity index is 4.47. The van der Waals surface area contributed by atoms with E-state index in [4.69, 9.17) is 5.11 Å². The molecule has 0 saturated heterocycles. The van der Waals surface area contributed by atoms with Crippen molar-refractivity contribution in [3.8, 4) is 0 Å². The number of carbonyl (C=O) groups is 1. The number of aliphatic carboxylic acids is 1. The second-order valence-electron chi connectivity index (χ2n) is 3.84. The molecule has 0 spiro atoms. The van der Waals surface area contributed by atoms with Crippen LogP contribution < -0.4 is 4.72 Å². The standard InChI is InChI=1S/C9H19NO5S/c1-3-9(4-2,7-11)6-10-16(14,15)5-8(12)13/h10-11H,3-7H2,1-2H3,(H,12,13). The Bertz CT molecular complexity index is 313. The summed E-state index contributed by atoms with van der Waals surface area (Å²) in [6, 6.07) is 0. The molecule has 0 atom stereocenters. The predicted molar refractivity (Wildman–Crippen MR) is 59.5 cm³/mol. The Labute approximate surface area is 95.7 Å². The average molecular weight is 253 g/mol. The first-order valence-corrected chi connectivity index (χ1v) is 6.76. The highest BCUT2D eigenvalue weighted by molar-refractivity contribution is 7.90. The van der Waals surface area contributed by atoms with Crippen molar-refractivity contribution in [2.75, 3.05) is 18.9 Å². The third-order valence-corrected chi connectivity index (χ3v) is 4.03. The maximum atomic E-state index is 11.3. The lowest BCUT2D eigenvalue weighted by molar-refractivity contribution is -0.134. The lowest BCUT2D eigenvalue weighted by Gasteiger charge is -2.29. The van der Waals surface area contributed by atoms with Gasteiger partial charge in [0.15, 0.2) is 5.75 Å². The molecule has 0 aromatic heterocycles. The third-order valence-electron chi connectivity index (χ3n) is 2.82. The first-order chi connectivity index (χ1) is 7.31. The van der Waals surface area contributed by atoms with Gasteiger partial charge in [-0.3, -0.25) is 4.79 Å². The van der Waals surface area contributed by atoms with Gasteiger partial charge in [-0.25, -0.2) is 13.1 Å². The van der Waals surface area contributed by atoms with Crippen molar-refractivity contribution in [1.82, 2.24) is 4.72 Å². The molecular weight excluding hydrogens is 234 g/mol. The quantitative estimate of drug-likeness (QED) is 0.555. The number of aliphatic hydroxyl groups is 1. The van der Waals surface area contributed by atoms with E-state index in [1.54, 1.807) is 0 Å². The molecule has 0 fully saturated rings. The molecule has 0 radical (unpaired) electrons. The Morgan fingerprint density at radius 3 is 2.12 bits per heavy atom. The van der Waals surface area contributed by atoms with Crippen molar-refractivity contribution in [2.45, 2.75) is 26.7 Å². The van der Waals surface area contributed by atoms with Crippen LogP contribution in [-0.4, -0.2) is 43.5 Å². The SMILES string of the molecule is CCC(CC)(CO)CNS(=O)(=O)CC(=O)O. The molecule has 0 aliphatic carbocycles. The van der Waals surface area contributed by atoms with Crippen molar-refractivity contribution in [3.05, 3.63) is 0 Å². The molecule has 0 amide bonds. The van der Waals surface area contributed by atoms with Crippen molar-refractivity contribution in [3.63, 3.8) is 0 Å². The summed E-state index contributed by atoms with van der Waals surface area (Å²) in [5, 5.41) is 17.6. The normalized spacial score (nSPS) is 12.7. The van der Waals surface area contributed by atoms with Crippen LogP contribution in [0.4, 0.5) is 0 Å². The largest absolute Gasteiger partial charge is 0.480 e. The van der Waals surface area contributed by atoms with Crippen molar-refractivity contribution >= 4 is 16.0 Å². The number of hydrogen-bond acceptors (Lipinski definition) is 4. The fourth-order valence-electron chi connectivity index (χ4n) is 1.26. The number of carboxylic acids is 1. The molecule has 0 unspecified atom stereocenters. The van der Waals surface area contributed by atoms with Crippen LogP contribution in [0.2, 0.25) is 0 Å². The van der Waals surface area contributed by atoms with Gasteiger partial charge in [0.05, 0.1) is 0 Å². The summed E-state index contributed by atoms with van der Waals surface area (Å²) >= 11 is 0. The molecule has 0 aliphatic rings. The van der Waals surface area contributed by atoms with Gasteiger partial charge < -0.3 is 10.2 Å². The molecule has 0 saturated carbocycles. The topological polar surface area (TPSA) is 104 Å². The smallest absolute Gasteiger partial charge is 0.320 e. The fourth-order valence-corrected chi connectivity index (χ4v) is 2.21. The minimum Gasteiger partial charge on any atom is -0.480 e. The predicted octanol–water partition coefficient (Wildman–Crippen LogP) is -0.211. The van der Waals surface area contributed by atoms with Crippen LogP contribution in [-0.2, 0) is 14.8 Å². The van der Waals surface area contributed by atoms with E-state index in [1.807, 2.05) is 13.8 Å². The van der Waals surface area contributed by atoms with Gasteiger partial charge >= 0.3 is 5.97 Å². The number of sulfonamides is 1. The molecular formula is C9H19NO5S. The van der Waals surface area contributed by atoms with E-state index in [1.165, 1.54) is 0 Å². The zero-order valence-electron chi connectivity index (χ0n) is 9.56. The van der Waals surface area contributed by atoms with Gasteiger partial charge in [-0.1, -0.05) is 13.8 Å². The maximum absolute atomic E-state index is 11.3. The molecule has 6 nitrogen and oxygen atoms in total. The van der Waals surface area contributed by atoms with Gasteiger partial charge in [0.2, 0.25) is 10.0 Å². The molecule has 0 rings (SSSR count). The fraction of sp³-hybridized carbons (Fsp3) is 0.889. The first kappa shape index (κ1) is 15.3. The molecule has 0 bridgehead atoms. The highest BCUT2D eigenvalue weighted by Crippen LogP contribution is 2.24. The molecule has 0 aromatic carbocycles. The molecule has 0 aromatic rings. The summed E-state index contributed by atoms with van der Waals surface area (Å²) in [5.41, 5.74) is -0.508. The molecule has 0 heterocycles. The summed E-state index contributed by atoms with van der Waals surface area (Å²) in [6.07, 6.45) is 1.24. The van der Waals surface area contributed by atoms with E-state index < -0.39 is 27.2 Å². The van der Waals surface area contributed by atoms with E-state index in [0.29, 0.717) is 12.8 Å². The van der Waals surface area contributed by atoms with Crippen LogP contribution in [0.1, 0.15) is 26.7 Å². The van der Waals surface area contributed by atoms with Gasteiger partial charge in [0, 0.05) is 18.6 Å². The first-order valence-electron chi connectivity index (χ1n) is 5.11. The Morgan fingerprint density at radius 2 is 1.81 bits per heavy atom. The maximum Gasteiger partial charge on any atom is 0.320 e. The molecule has 96 valence electrons. The Kier molecular flexibility index (Phi) is 5.91. The molecule has 0 aliphatic heterocycles. The third kappa shape index (κ3) is 4.91. The average Bonchev–Trinajstić information content (AvgIpc) is 2.19. The van der Waals surface area contributed by atoms with Crippen LogP contribution in [0.15, 0.2) is 0 Å². The van der Waals surface area contributed by atoms with Crippen LogP contribution in [0.25, 0.3) is 0 Å². The van der Waals surface area contributed by atoms with Crippen molar-refractivity contribution < 1.29 is 23.4 Å². The number of hydrogen-bond donors (Lipinski definition) is 3. The van der Waals surface area contributed by atoms with E-state index in [2.05, 4.69) is 4.72 Å². The van der Waals surface area contributed by atoms with Gasteiger partial charge in [-0.05, 0) is 12.8 Å². The summed E-state index contributed by atoms with van der Waals surface area (Å²) in [6.45, 7) is 3.64. The Morgan fingerprint density at radius 1 is 1.31 bits per heavy atom. The van der Waals surface area contributed by atoms with Crippen LogP contribution in [0.5, 0.6) is 0 Å². The van der Waals surface area contributed by atoms with Crippen LogP contribution in [0, 0.1) is 5.41 Å². The van der Waals surface area contributed by atoms with Crippen molar-refractivity contribution in [1.29, 1.82) is 0 Å². The number of aliphatic hydroxyl groups excluding tert-OH is 1. The monoisotopic (exact) mass is 253 g/mol. The van der Waals surface area contributed by atoms with Gasteiger partial charge in [-0.15, -0.1) is 0 Å². The van der Waals surface area contributed by atoms with Gasteiger partial charge in [0.25, 0.3) is 0 Å². The van der Waals surface area contributed by atoms with Crippen LogP contribution in [0.3, 0.4) is 0 Å². The zero-order chi connectivity index (χ0) is 12.8. The minimum atomic E-state index is -3.80. The highest BCUT2D eigenvalue weighted by Gasteiger charge is 2.27. The van der Waals surface area contributed by atoms with Crippen molar-refractivity contribution in [2.24, 2.45) is 5.41 Å². The Hall–Kier alpha value is -0.660. The second kappa shape index (κ2) is 6.17. The summed E-state index contributed by atoms with van der Waals surface area (Å²) in [5.74, 6) is -2.34. The van der Waals surface area contributed by atoms with E-state index in [9.17, 15) is 18.3 Å². The van der Waals surface area contributed by atoms with E-state index >= 15 is 0 Å². The molecule has 7 heteroatoms. The molecule has 16 heavy (non-hydrogen) atoms. The molecule has 3 N–H and O–H groups in total. The number of nitrogens with one attached hydrogen (secondary N) is 1. The number of carboxylic acid groups (broad SMARTS) is 1. The van der Waals surface area contributed by atoms with E-state index in [0.717, 1.165) is 0 Å². The summed E-state index contributed by atoms with van der Waals surface area (Å²) in [4.78, 5) is 10.3. The van der Waals surface area contributed by atoms with Crippen LogP contribution >= 0.6 is 0 Å². The lowest BCUT2D eigenvalue weighted by atomic mass is 9.84. The van der Waals surface area contributed by atoms with E-state index in [-0.39, 0.29) is 13.2 Å². The zero-order valence-corrected chi connectivity index (χ0v) is 10.4. The summed E-state index contributed by atoms with van der Waals surface area (Å²) < 4.78 is 24.7. The second-order valence-corrected chi connectivity index (χ2v) is 5.65. The highest BCUT2D eigenvalue weighted by atomic mass is 32.2.